The predicted octanol–water partition coefficient (Wildman–Crippen LogP) is 3.86. The third kappa shape index (κ3) is 4.38. The average molecular weight is 269 g/mol. The van der Waals surface area contributed by atoms with Crippen molar-refractivity contribution in [2.24, 2.45) is 0 Å². The van der Waals surface area contributed by atoms with Crippen molar-refractivity contribution in [3.63, 3.8) is 0 Å². The van der Waals surface area contributed by atoms with Gasteiger partial charge in [-0.25, -0.2) is 0 Å². The fraction of sp³-hybridized carbons (Fsp3) is 0.733. The van der Waals surface area contributed by atoms with Crippen LogP contribution in [0.2, 0.25) is 0 Å². The van der Waals surface area contributed by atoms with Crippen LogP contribution < -0.4 is 5.32 Å². The maximum Gasteiger partial charge on any atom is 0.0804 e. The Labute approximate surface area is 116 Å². The number of hydrogen-bond donors (Lipinski definition) is 1. The fourth-order valence-corrected chi connectivity index (χ4v) is 3.10. The minimum Gasteiger partial charge on any atom is -0.374 e. The lowest BCUT2D eigenvalue weighted by Gasteiger charge is -2.37. The number of aryl methyl sites for hydroxylation is 1. The molecular formula is C15H27NOS. The van der Waals surface area contributed by atoms with Crippen LogP contribution >= 0.6 is 11.3 Å². The fourth-order valence-electron chi connectivity index (χ4n) is 2.39. The highest BCUT2D eigenvalue weighted by atomic mass is 32.1. The number of hydrogen-bond acceptors (Lipinski definition) is 3. The summed E-state index contributed by atoms with van der Waals surface area (Å²) in [5, 5.41) is 7.99. The van der Waals surface area contributed by atoms with Gasteiger partial charge in [0.25, 0.3) is 0 Å². The molecule has 0 fully saturated rings. The minimum atomic E-state index is -0.0548. The number of thiophene rings is 1. The molecule has 1 heterocycles. The van der Waals surface area contributed by atoms with Crippen LogP contribution in [0.3, 0.4) is 0 Å². The first-order valence-electron chi connectivity index (χ1n) is 7.04. The monoisotopic (exact) mass is 269 g/mol. The Morgan fingerprint density at radius 2 is 2.17 bits per heavy atom. The van der Waals surface area contributed by atoms with Crippen LogP contribution in [0.25, 0.3) is 0 Å². The largest absolute Gasteiger partial charge is 0.374 e. The van der Waals surface area contributed by atoms with Gasteiger partial charge in [0.1, 0.15) is 0 Å². The predicted molar refractivity (Wildman–Crippen MR) is 80.4 cm³/mol. The zero-order valence-electron chi connectivity index (χ0n) is 12.2. The van der Waals surface area contributed by atoms with E-state index in [9.17, 15) is 0 Å². The Morgan fingerprint density at radius 1 is 1.39 bits per heavy atom. The van der Waals surface area contributed by atoms with Crippen molar-refractivity contribution < 1.29 is 4.74 Å². The molecule has 2 atom stereocenters. The molecule has 0 radical (unpaired) electrons. The number of ether oxygens (including phenoxy) is 1. The van der Waals surface area contributed by atoms with Crippen molar-refractivity contribution in [2.45, 2.75) is 58.6 Å². The van der Waals surface area contributed by atoms with Crippen LogP contribution in [0, 0.1) is 0 Å². The van der Waals surface area contributed by atoms with E-state index in [1.165, 1.54) is 5.56 Å². The summed E-state index contributed by atoms with van der Waals surface area (Å²) >= 11 is 1.78. The molecule has 3 heteroatoms. The number of rotatable bonds is 9. The number of nitrogens with one attached hydrogen (secondary N) is 1. The van der Waals surface area contributed by atoms with Gasteiger partial charge in [0.05, 0.1) is 5.60 Å². The van der Waals surface area contributed by atoms with Crippen LogP contribution in [-0.4, -0.2) is 24.8 Å². The smallest absolute Gasteiger partial charge is 0.0804 e. The van der Waals surface area contributed by atoms with E-state index in [1.807, 2.05) is 0 Å². The molecule has 0 aromatic carbocycles. The molecule has 18 heavy (non-hydrogen) atoms. The second kappa shape index (κ2) is 7.93. The zero-order valence-corrected chi connectivity index (χ0v) is 13.0. The van der Waals surface area contributed by atoms with Crippen LogP contribution in [0.1, 0.15) is 46.1 Å². The second-order valence-electron chi connectivity index (χ2n) is 4.88. The third-order valence-corrected chi connectivity index (χ3v) is 4.40. The summed E-state index contributed by atoms with van der Waals surface area (Å²) < 4.78 is 6.00. The van der Waals surface area contributed by atoms with E-state index in [-0.39, 0.29) is 5.60 Å². The van der Waals surface area contributed by atoms with E-state index in [1.54, 1.807) is 11.3 Å². The van der Waals surface area contributed by atoms with Crippen molar-refractivity contribution in [2.75, 3.05) is 13.2 Å². The molecule has 1 aromatic heterocycles. The van der Waals surface area contributed by atoms with Gasteiger partial charge in [-0.2, -0.15) is 11.3 Å². The second-order valence-corrected chi connectivity index (χ2v) is 5.66. The molecule has 104 valence electrons. The highest BCUT2D eigenvalue weighted by Crippen LogP contribution is 2.24. The molecule has 1 rings (SSSR count). The van der Waals surface area contributed by atoms with Gasteiger partial charge in [-0.1, -0.05) is 13.8 Å². The van der Waals surface area contributed by atoms with Crippen LogP contribution in [0.15, 0.2) is 16.8 Å². The van der Waals surface area contributed by atoms with Crippen LogP contribution in [0.5, 0.6) is 0 Å². The summed E-state index contributed by atoms with van der Waals surface area (Å²) in [6.45, 7) is 10.5. The first kappa shape index (κ1) is 15.7. The molecule has 0 bridgehead atoms. The molecule has 0 aliphatic heterocycles. The Hall–Kier alpha value is -0.380. The molecule has 0 saturated carbocycles. The molecule has 1 N–H and O–H groups in total. The summed E-state index contributed by atoms with van der Waals surface area (Å²) in [7, 11) is 0. The van der Waals surface area contributed by atoms with E-state index < -0.39 is 0 Å². The highest BCUT2D eigenvalue weighted by molar-refractivity contribution is 7.07. The van der Waals surface area contributed by atoms with Gasteiger partial charge < -0.3 is 10.1 Å². The molecule has 2 unspecified atom stereocenters. The van der Waals surface area contributed by atoms with Crippen molar-refractivity contribution in [3.05, 3.63) is 22.4 Å². The van der Waals surface area contributed by atoms with Gasteiger partial charge in [0.15, 0.2) is 0 Å². The van der Waals surface area contributed by atoms with E-state index in [0.717, 1.165) is 32.4 Å². The first-order chi connectivity index (χ1) is 8.66. The lowest BCUT2D eigenvalue weighted by atomic mass is 9.88. The summed E-state index contributed by atoms with van der Waals surface area (Å²) in [5.74, 6) is 0. The lowest BCUT2D eigenvalue weighted by molar-refractivity contribution is -0.0565. The lowest BCUT2D eigenvalue weighted by Crippen LogP contribution is -2.50. The summed E-state index contributed by atoms with van der Waals surface area (Å²) in [5.41, 5.74) is 1.39. The van der Waals surface area contributed by atoms with E-state index in [4.69, 9.17) is 4.74 Å². The SMILES string of the molecule is CCNC(CCc1ccsc1)C(C)(CC)OCC. The van der Waals surface area contributed by atoms with Crippen LogP contribution in [-0.2, 0) is 11.2 Å². The topological polar surface area (TPSA) is 21.3 Å². The van der Waals surface area contributed by atoms with Gasteiger partial charge in [0.2, 0.25) is 0 Å². The first-order valence-corrected chi connectivity index (χ1v) is 7.99. The Morgan fingerprint density at radius 3 is 2.67 bits per heavy atom. The standard InChI is InChI=1S/C15H27NOS/c1-5-15(4,17-7-3)14(16-6-2)9-8-13-10-11-18-12-13/h10-12,14,16H,5-9H2,1-4H3. The minimum absolute atomic E-state index is 0.0548. The normalized spacial score (nSPS) is 16.4. The molecule has 1 aromatic rings. The molecule has 0 aliphatic rings. The highest BCUT2D eigenvalue weighted by Gasteiger charge is 2.32. The van der Waals surface area contributed by atoms with Gasteiger partial charge >= 0.3 is 0 Å². The molecule has 2 nitrogen and oxygen atoms in total. The van der Waals surface area contributed by atoms with Gasteiger partial charge in [0, 0.05) is 12.6 Å². The molecule has 0 amide bonds. The maximum absolute atomic E-state index is 6.00. The van der Waals surface area contributed by atoms with Crippen molar-refractivity contribution in [1.29, 1.82) is 0 Å². The van der Waals surface area contributed by atoms with E-state index in [2.05, 4.69) is 49.8 Å². The average Bonchev–Trinajstić information content (AvgIpc) is 2.87. The van der Waals surface area contributed by atoms with Crippen molar-refractivity contribution in [3.8, 4) is 0 Å². The summed E-state index contributed by atoms with van der Waals surface area (Å²) in [4.78, 5) is 0. The Bertz CT molecular complexity index is 312. The van der Waals surface area contributed by atoms with E-state index >= 15 is 0 Å². The molecule has 0 aliphatic carbocycles. The summed E-state index contributed by atoms with van der Waals surface area (Å²) in [6, 6.07) is 2.64. The van der Waals surface area contributed by atoms with Gasteiger partial charge in [-0.05, 0) is 62.0 Å². The Kier molecular flexibility index (Phi) is 6.90. The van der Waals surface area contributed by atoms with Gasteiger partial charge in [-0.15, -0.1) is 0 Å². The van der Waals surface area contributed by atoms with Crippen molar-refractivity contribution in [1.82, 2.24) is 5.32 Å². The zero-order chi connectivity index (χ0) is 13.4. The van der Waals surface area contributed by atoms with E-state index in [0.29, 0.717) is 6.04 Å². The Balaban J connectivity index is 2.62. The molecular weight excluding hydrogens is 242 g/mol. The van der Waals surface area contributed by atoms with Crippen molar-refractivity contribution >= 4 is 11.3 Å². The maximum atomic E-state index is 6.00. The molecule has 0 saturated heterocycles. The molecule has 0 spiro atoms. The van der Waals surface area contributed by atoms with Gasteiger partial charge in [-0.3, -0.25) is 0 Å². The third-order valence-electron chi connectivity index (χ3n) is 3.67. The van der Waals surface area contributed by atoms with Crippen LogP contribution in [0.4, 0.5) is 0 Å². The quantitative estimate of drug-likeness (QED) is 0.735. The number of likely N-dealkylation sites (N-methyl/N-ethyl adjacent to an activating group) is 1. The summed E-state index contributed by atoms with van der Waals surface area (Å²) in [6.07, 6.45) is 3.31.